The molecule has 0 aromatic carbocycles. The summed E-state index contributed by atoms with van der Waals surface area (Å²) in [6.45, 7) is 2.26. The third-order valence-electron chi connectivity index (χ3n) is 2.71. The molecule has 2 heterocycles. The summed E-state index contributed by atoms with van der Waals surface area (Å²) in [5.41, 5.74) is 2.55. The molecule has 0 N–H and O–H groups in total. The fraction of sp³-hybridized carbons (Fsp3) is 0.500. The zero-order valence-corrected chi connectivity index (χ0v) is 7.62. The normalized spacial score (nSPS) is 22.2. The summed E-state index contributed by atoms with van der Waals surface area (Å²) in [5, 5.41) is 0. The van der Waals surface area contributed by atoms with E-state index >= 15 is 0 Å². The second-order valence-electron chi connectivity index (χ2n) is 3.47. The van der Waals surface area contributed by atoms with Crippen molar-refractivity contribution < 1.29 is 0 Å². The zero-order valence-electron chi connectivity index (χ0n) is 7.62. The van der Waals surface area contributed by atoms with E-state index in [-0.39, 0.29) is 0 Å². The number of aromatic nitrogens is 1. The van der Waals surface area contributed by atoms with Gasteiger partial charge in [-0.1, -0.05) is 0 Å². The minimum Gasteiger partial charge on any atom is -0.370 e. The molecule has 0 spiro atoms. The number of hydrogen-bond donors (Lipinski definition) is 0. The molecule has 2 nitrogen and oxygen atoms in total. The van der Waals surface area contributed by atoms with Crippen molar-refractivity contribution in [1.82, 2.24) is 4.98 Å². The highest BCUT2D eigenvalue weighted by atomic mass is 15.1. The molecule has 2 rings (SSSR count). The molecule has 0 bridgehead atoms. The van der Waals surface area contributed by atoms with Crippen LogP contribution in [0.1, 0.15) is 19.0 Å². The Kier molecular flexibility index (Phi) is 1.75. The lowest BCUT2D eigenvalue weighted by Gasteiger charge is -2.32. The Labute approximate surface area is 73.2 Å². The third-order valence-corrected chi connectivity index (χ3v) is 2.71. The summed E-state index contributed by atoms with van der Waals surface area (Å²) < 4.78 is 0. The van der Waals surface area contributed by atoms with E-state index in [0.717, 1.165) is 6.42 Å². The maximum atomic E-state index is 4.36. The molecule has 2 heteroatoms. The number of pyridine rings is 1. The van der Waals surface area contributed by atoms with Gasteiger partial charge in [0.15, 0.2) is 0 Å². The molecule has 1 aliphatic rings. The van der Waals surface area contributed by atoms with Gasteiger partial charge in [-0.05, 0) is 31.9 Å². The number of anilines is 1. The fourth-order valence-corrected chi connectivity index (χ4v) is 1.72. The maximum Gasteiger partial charge on any atom is 0.0637 e. The van der Waals surface area contributed by atoms with Gasteiger partial charge >= 0.3 is 0 Å². The van der Waals surface area contributed by atoms with Gasteiger partial charge < -0.3 is 4.90 Å². The van der Waals surface area contributed by atoms with E-state index in [1.165, 1.54) is 17.8 Å². The Morgan fingerprint density at radius 2 is 2.42 bits per heavy atom. The molecule has 1 unspecified atom stereocenters. The monoisotopic (exact) mass is 162 g/mol. The van der Waals surface area contributed by atoms with Crippen molar-refractivity contribution in [1.29, 1.82) is 0 Å². The van der Waals surface area contributed by atoms with Gasteiger partial charge in [0.25, 0.3) is 0 Å². The molecule has 0 saturated heterocycles. The molecule has 1 aromatic rings. The van der Waals surface area contributed by atoms with Crippen molar-refractivity contribution in [3.63, 3.8) is 0 Å². The largest absolute Gasteiger partial charge is 0.370 e. The van der Waals surface area contributed by atoms with Crippen molar-refractivity contribution in [2.45, 2.75) is 25.8 Å². The minimum atomic E-state index is 0.654. The number of hydrogen-bond acceptors (Lipinski definition) is 2. The van der Waals surface area contributed by atoms with Crippen LogP contribution in [0, 0.1) is 0 Å². The zero-order chi connectivity index (χ0) is 8.55. The van der Waals surface area contributed by atoms with Crippen molar-refractivity contribution >= 4 is 5.69 Å². The first-order valence-electron chi connectivity index (χ1n) is 4.46. The third kappa shape index (κ3) is 1.07. The van der Waals surface area contributed by atoms with Gasteiger partial charge in [-0.15, -0.1) is 0 Å². The van der Waals surface area contributed by atoms with Gasteiger partial charge in [0.2, 0.25) is 0 Å². The lowest BCUT2D eigenvalue weighted by Crippen LogP contribution is -2.33. The molecule has 12 heavy (non-hydrogen) atoms. The molecule has 1 aromatic heterocycles. The van der Waals surface area contributed by atoms with Crippen LogP contribution in [0.5, 0.6) is 0 Å². The summed E-state index contributed by atoms with van der Waals surface area (Å²) in [7, 11) is 2.14. The molecular weight excluding hydrogens is 148 g/mol. The first kappa shape index (κ1) is 7.59. The van der Waals surface area contributed by atoms with E-state index in [2.05, 4.69) is 29.9 Å². The van der Waals surface area contributed by atoms with Crippen LogP contribution in [0.2, 0.25) is 0 Å². The fourth-order valence-electron chi connectivity index (χ4n) is 1.72. The summed E-state index contributed by atoms with van der Waals surface area (Å²) in [6, 6.07) is 4.81. The van der Waals surface area contributed by atoms with Gasteiger partial charge in [0.05, 0.1) is 11.4 Å². The highest BCUT2D eigenvalue weighted by Crippen LogP contribution is 2.26. The van der Waals surface area contributed by atoms with Crippen molar-refractivity contribution in [2.75, 3.05) is 11.9 Å². The topological polar surface area (TPSA) is 16.1 Å². The first-order valence-corrected chi connectivity index (χ1v) is 4.46. The SMILES string of the molecule is CC1CCc2ncccc2N1C. The molecule has 0 radical (unpaired) electrons. The quantitative estimate of drug-likeness (QED) is 0.578. The second kappa shape index (κ2) is 2.77. The van der Waals surface area contributed by atoms with Crippen LogP contribution >= 0.6 is 0 Å². The van der Waals surface area contributed by atoms with Gasteiger partial charge in [0.1, 0.15) is 0 Å². The second-order valence-corrected chi connectivity index (χ2v) is 3.47. The molecular formula is C10H14N2. The summed E-state index contributed by atoms with van der Waals surface area (Å²) in [6.07, 6.45) is 4.23. The predicted molar refractivity (Wildman–Crippen MR) is 50.4 cm³/mol. The Hall–Kier alpha value is -1.05. The van der Waals surface area contributed by atoms with Crippen LogP contribution in [0.4, 0.5) is 5.69 Å². The van der Waals surface area contributed by atoms with Crippen LogP contribution in [-0.4, -0.2) is 18.1 Å². The lowest BCUT2D eigenvalue weighted by atomic mass is 10.0. The van der Waals surface area contributed by atoms with Gasteiger partial charge in [-0.3, -0.25) is 4.98 Å². The van der Waals surface area contributed by atoms with Crippen molar-refractivity contribution in [2.24, 2.45) is 0 Å². The Morgan fingerprint density at radius 1 is 1.58 bits per heavy atom. The van der Waals surface area contributed by atoms with Crippen LogP contribution in [0.25, 0.3) is 0 Å². The van der Waals surface area contributed by atoms with Crippen LogP contribution in [0.3, 0.4) is 0 Å². The first-order chi connectivity index (χ1) is 5.79. The van der Waals surface area contributed by atoms with Gasteiger partial charge in [-0.25, -0.2) is 0 Å². The molecule has 1 aliphatic heterocycles. The lowest BCUT2D eigenvalue weighted by molar-refractivity contribution is 0.589. The van der Waals surface area contributed by atoms with E-state index in [0.29, 0.717) is 6.04 Å². The number of nitrogens with zero attached hydrogens (tertiary/aromatic N) is 2. The highest BCUT2D eigenvalue weighted by Gasteiger charge is 2.19. The van der Waals surface area contributed by atoms with E-state index in [1.807, 2.05) is 12.3 Å². The smallest absolute Gasteiger partial charge is 0.0637 e. The van der Waals surface area contributed by atoms with E-state index in [4.69, 9.17) is 0 Å². The van der Waals surface area contributed by atoms with Crippen LogP contribution in [0.15, 0.2) is 18.3 Å². The van der Waals surface area contributed by atoms with Gasteiger partial charge in [-0.2, -0.15) is 0 Å². The summed E-state index contributed by atoms with van der Waals surface area (Å²) in [4.78, 5) is 6.67. The van der Waals surface area contributed by atoms with Crippen molar-refractivity contribution in [3.05, 3.63) is 24.0 Å². The number of aryl methyl sites for hydroxylation is 1. The predicted octanol–water partition coefficient (Wildman–Crippen LogP) is 1.85. The van der Waals surface area contributed by atoms with E-state index < -0.39 is 0 Å². The van der Waals surface area contributed by atoms with E-state index in [9.17, 15) is 0 Å². The summed E-state index contributed by atoms with van der Waals surface area (Å²) >= 11 is 0. The van der Waals surface area contributed by atoms with E-state index in [1.54, 1.807) is 0 Å². The maximum absolute atomic E-state index is 4.36. The Morgan fingerprint density at radius 3 is 3.25 bits per heavy atom. The van der Waals surface area contributed by atoms with Gasteiger partial charge in [0, 0.05) is 19.3 Å². The standard InChI is InChI=1S/C10H14N2/c1-8-5-6-9-10(12(8)2)4-3-7-11-9/h3-4,7-8H,5-6H2,1-2H3. The average Bonchev–Trinajstić information content (AvgIpc) is 2.12. The van der Waals surface area contributed by atoms with Crippen LogP contribution < -0.4 is 4.90 Å². The Balaban J connectivity index is 2.42. The van der Waals surface area contributed by atoms with Crippen molar-refractivity contribution in [3.8, 4) is 0 Å². The molecule has 0 fully saturated rings. The average molecular weight is 162 g/mol. The summed E-state index contributed by atoms with van der Waals surface area (Å²) in [5.74, 6) is 0. The van der Waals surface area contributed by atoms with Crippen LogP contribution in [-0.2, 0) is 6.42 Å². The minimum absolute atomic E-state index is 0.654. The molecule has 0 saturated carbocycles. The highest BCUT2D eigenvalue weighted by molar-refractivity contribution is 5.52. The number of rotatable bonds is 0. The number of fused-ring (bicyclic) bond motifs is 1. The molecule has 1 atom stereocenters. The molecule has 0 aliphatic carbocycles. The Bertz CT molecular complexity index is 283. The molecule has 64 valence electrons. The molecule has 0 amide bonds.